The molecule has 2 rings (SSSR count). The van der Waals surface area contributed by atoms with Crippen molar-refractivity contribution in [2.45, 2.75) is 33.7 Å². The molecule has 2 aromatic heterocycles. The molecular formula is C16H18N2O3. The molecule has 0 aromatic carbocycles. The molecule has 2 aromatic rings. The van der Waals surface area contributed by atoms with Crippen LogP contribution in [0, 0.1) is 6.92 Å². The first-order chi connectivity index (χ1) is 10.0. The van der Waals surface area contributed by atoms with Gasteiger partial charge in [0, 0.05) is 17.7 Å². The zero-order valence-electron chi connectivity index (χ0n) is 12.4. The van der Waals surface area contributed by atoms with Crippen LogP contribution in [0.15, 0.2) is 28.7 Å². The second-order valence-corrected chi connectivity index (χ2v) is 4.79. The lowest BCUT2D eigenvalue weighted by atomic mass is 10.1. The summed E-state index contributed by atoms with van der Waals surface area (Å²) in [5.74, 6) is 0.784. The van der Waals surface area contributed by atoms with Gasteiger partial charge >= 0.3 is 0 Å². The standard InChI is InChI=1S/C16H18N2O3/c1-4-13-6-8-15(21-13)16(20)17-9-12-5-7-14(11(3)19)10(2)18-12/h5-8H,4,9H2,1-3H3,(H,17,20). The third kappa shape index (κ3) is 3.56. The number of Topliss-reactive ketones (excluding diaryl/α,β-unsaturated/α-hetero) is 1. The van der Waals surface area contributed by atoms with Crippen LogP contribution in [0.1, 0.15) is 51.9 Å². The second kappa shape index (κ2) is 6.35. The molecule has 0 aliphatic carbocycles. The third-order valence-electron chi connectivity index (χ3n) is 3.19. The van der Waals surface area contributed by atoms with Crippen LogP contribution >= 0.6 is 0 Å². The highest BCUT2D eigenvalue weighted by atomic mass is 16.3. The van der Waals surface area contributed by atoms with Crippen LogP contribution in [0.3, 0.4) is 0 Å². The Labute approximate surface area is 123 Å². The normalized spacial score (nSPS) is 10.4. The predicted molar refractivity (Wildman–Crippen MR) is 78.2 cm³/mol. The predicted octanol–water partition coefficient (Wildman–Crippen LogP) is 2.68. The lowest BCUT2D eigenvalue weighted by Crippen LogP contribution is -2.23. The number of nitrogens with one attached hydrogen (secondary N) is 1. The van der Waals surface area contributed by atoms with Gasteiger partial charge in [0.2, 0.25) is 0 Å². The van der Waals surface area contributed by atoms with Gasteiger partial charge in [0.1, 0.15) is 5.76 Å². The summed E-state index contributed by atoms with van der Waals surface area (Å²) in [4.78, 5) is 27.6. The van der Waals surface area contributed by atoms with Crippen molar-refractivity contribution >= 4 is 11.7 Å². The average molecular weight is 286 g/mol. The Morgan fingerprint density at radius 3 is 2.57 bits per heavy atom. The maximum Gasteiger partial charge on any atom is 0.287 e. The van der Waals surface area contributed by atoms with E-state index >= 15 is 0 Å². The molecule has 5 nitrogen and oxygen atoms in total. The van der Waals surface area contributed by atoms with E-state index in [-0.39, 0.29) is 11.7 Å². The Hall–Kier alpha value is -2.43. The van der Waals surface area contributed by atoms with Crippen molar-refractivity contribution in [1.82, 2.24) is 10.3 Å². The van der Waals surface area contributed by atoms with Crippen molar-refractivity contribution in [3.63, 3.8) is 0 Å². The van der Waals surface area contributed by atoms with Crippen LogP contribution in [-0.2, 0) is 13.0 Å². The van der Waals surface area contributed by atoms with Gasteiger partial charge in [-0.3, -0.25) is 14.6 Å². The first-order valence-corrected chi connectivity index (χ1v) is 6.85. The largest absolute Gasteiger partial charge is 0.456 e. The number of nitrogens with zero attached hydrogens (tertiary/aromatic N) is 1. The highest BCUT2D eigenvalue weighted by Gasteiger charge is 2.11. The molecule has 0 radical (unpaired) electrons. The van der Waals surface area contributed by atoms with E-state index < -0.39 is 0 Å². The monoisotopic (exact) mass is 286 g/mol. The van der Waals surface area contributed by atoms with Gasteiger partial charge in [-0.25, -0.2) is 0 Å². The van der Waals surface area contributed by atoms with E-state index in [1.807, 2.05) is 6.92 Å². The van der Waals surface area contributed by atoms with Gasteiger partial charge in [-0.1, -0.05) is 6.92 Å². The summed E-state index contributed by atoms with van der Waals surface area (Å²) in [6.45, 7) is 5.54. The minimum Gasteiger partial charge on any atom is -0.456 e. The SMILES string of the molecule is CCc1ccc(C(=O)NCc2ccc(C(C)=O)c(C)n2)o1. The zero-order valence-corrected chi connectivity index (χ0v) is 12.4. The number of furan rings is 1. The maximum absolute atomic E-state index is 11.9. The molecule has 1 amide bonds. The molecule has 21 heavy (non-hydrogen) atoms. The number of ketones is 1. The van der Waals surface area contributed by atoms with Crippen LogP contribution in [0.4, 0.5) is 0 Å². The number of amides is 1. The Morgan fingerprint density at radius 2 is 2.00 bits per heavy atom. The van der Waals surface area contributed by atoms with E-state index in [2.05, 4.69) is 10.3 Å². The smallest absolute Gasteiger partial charge is 0.287 e. The van der Waals surface area contributed by atoms with Gasteiger partial charge in [0.05, 0.1) is 12.2 Å². The Bertz CT molecular complexity index is 674. The van der Waals surface area contributed by atoms with Gasteiger partial charge < -0.3 is 9.73 Å². The highest BCUT2D eigenvalue weighted by molar-refractivity contribution is 5.95. The second-order valence-electron chi connectivity index (χ2n) is 4.79. The Kier molecular flexibility index (Phi) is 4.52. The maximum atomic E-state index is 11.9. The first-order valence-electron chi connectivity index (χ1n) is 6.85. The number of pyridine rings is 1. The van der Waals surface area contributed by atoms with Crippen molar-refractivity contribution in [3.8, 4) is 0 Å². The molecule has 2 heterocycles. The van der Waals surface area contributed by atoms with Crippen LogP contribution < -0.4 is 5.32 Å². The van der Waals surface area contributed by atoms with E-state index in [0.29, 0.717) is 29.3 Å². The van der Waals surface area contributed by atoms with Crippen LogP contribution in [-0.4, -0.2) is 16.7 Å². The number of carbonyl (C=O) groups is 2. The molecule has 110 valence electrons. The van der Waals surface area contributed by atoms with Crippen molar-refractivity contribution in [1.29, 1.82) is 0 Å². The summed E-state index contributed by atoms with van der Waals surface area (Å²) >= 11 is 0. The van der Waals surface area contributed by atoms with Gasteiger partial charge in [-0.15, -0.1) is 0 Å². The van der Waals surface area contributed by atoms with Crippen molar-refractivity contribution in [2.75, 3.05) is 0 Å². The van der Waals surface area contributed by atoms with Crippen LogP contribution in [0.5, 0.6) is 0 Å². The molecule has 1 N–H and O–H groups in total. The fourth-order valence-corrected chi connectivity index (χ4v) is 2.03. The molecule has 0 saturated heterocycles. The fraction of sp³-hybridized carbons (Fsp3) is 0.312. The van der Waals surface area contributed by atoms with Gasteiger partial charge in [-0.2, -0.15) is 0 Å². The minimum absolute atomic E-state index is 0.0155. The molecule has 0 saturated carbocycles. The van der Waals surface area contributed by atoms with Crippen LogP contribution in [0.2, 0.25) is 0 Å². The van der Waals surface area contributed by atoms with Crippen molar-refractivity contribution in [2.24, 2.45) is 0 Å². The summed E-state index contributed by atoms with van der Waals surface area (Å²) in [5, 5.41) is 2.75. The average Bonchev–Trinajstić information content (AvgIpc) is 2.93. The fourth-order valence-electron chi connectivity index (χ4n) is 2.03. The molecular weight excluding hydrogens is 268 g/mol. The Morgan fingerprint density at radius 1 is 1.24 bits per heavy atom. The number of aromatic nitrogens is 1. The van der Waals surface area contributed by atoms with Gasteiger partial charge in [0.25, 0.3) is 5.91 Å². The molecule has 0 atom stereocenters. The van der Waals surface area contributed by atoms with Crippen molar-refractivity contribution < 1.29 is 14.0 Å². The Balaban J connectivity index is 2.01. The molecule has 5 heteroatoms. The molecule has 0 spiro atoms. The topological polar surface area (TPSA) is 72.2 Å². The lowest BCUT2D eigenvalue weighted by molar-refractivity contribution is 0.0920. The minimum atomic E-state index is -0.273. The number of rotatable bonds is 5. The van der Waals surface area contributed by atoms with Gasteiger partial charge in [0.15, 0.2) is 11.5 Å². The number of aryl methyl sites for hydroxylation is 2. The number of hydrogen-bond donors (Lipinski definition) is 1. The van der Waals surface area contributed by atoms with Gasteiger partial charge in [-0.05, 0) is 38.1 Å². The summed E-state index contributed by atoms with van der Waals surface area (Å²) in [6.07, 6.45) is 0.751. The highest BCUT2D eigenvalue weighted by Crippen LogP contribution is 2.10. The lowest BCUT2D eigenvalue weighted by Gasteiger charge is -2.06. The van der Waals surface area contributed by atoms with E-state index in [4.69, 9.17) is 4.42 Å². The van der Waals surface area contributed by atoms with Crippen LogP contribution in [0.25, 0.3) is 0 Å². The molecule has 0 unspecified atom stereocenters. The van der Waals surface area contributed by atoms with E-state index in [1.54, 1.807) is 31.2 Å². The number of hydrogen-bond acceptors (Lipinski definition) is 4. The van der Waals surface area contributed by atoms with E-state index in [0.717, 1.165) is 12.2 Å². The first kappa shape index (κ1) is 15.0. The third-order valence-corrected chi connectivity index (χ3v) is 3.19. The summed E-state index contributed by atoms with van der Waals surface area (Å²) < 4.78 is 5.38. The summed E-state index contributed by atoms with van der Waals surface area (Å²) in [7, 11) is 0. The summed E-state index contributed by atoms with van der Waals surface area (Å²) in [6, 6.07) is 6.92. The molecule has 0 aliphatic rings. The number of carbonyl (C=O) groups excluding carboxylic acids is 2. The molecule has 0 bridgehead atoms. The molecule has 0 fully saturated rings. The summed E-state index contributed by atoms with van der Waals surface area (Å²) in [5.41, 5.74) is 1.97. The van der Waals surface area contributed by atoms with E-state index in [9.17, 15) is 9.59 Å². The van der Waals surface area contributed by atoms with Crippen molar-refractivity contribution in [3.05, 3.63) is 52.7 Å². The zero-order chi connectivity index (χ0) is 15.4. The molecule has 0 aliphatic heterocycles. The quantitative estimate of drug-likeness (QED) is 0.858. The van der Waals surface area contributed by atoms with E-state index in [1.165, 1.54) is 6.92 Å².